The van der Waals surface area contributed by atoms with E-state index in [-0.39, 0.29) is 17.0 Å². The van der Waals surface area contributed by atoms with Crippen LogP contribution >= 0.6 is 0 Å². The zero-order valence-electron chi connectivity index (χ0n) is 15.6. The third kappa shape index (κ3) is 4.13. The van der Waals surface area contributed by atoms with Gasteiger partial charge in [0.15, 0.2) is 5.78 Å². The van der Waals surface area contributed by atoms with Crippen molar-refractivity contribution in [2.24, 2.45) is 10.4 Å². The summed E-state index contributed by atoms with van der Waals surface area (Å²) < 4.78 is 5.77. The van der Waals surface area contributed by atoms with Gasteiger partial charge in [0.1, 0.15) is 18.1 Å². The number of aliphatic hydroxyl groups excluding tert-OH is 1. The van der Waals surface area contributed by atoms with Crippen LogP contribution in [0.3, 0.4) is 0 Å². The summed E-state index contributed by atoms with van der Waals surface area (Å²) in [5.74, 6) is 0.924. The second kappa shape index (κ2) is 7.32. The summed E-state index contributed by atoms with van der Waals surface area (Å²) in [6, 6.07) is 14.1. The number of carbonyl (C=O) groups excluding carboxylic acids is 1. The molecule has 0 saturated carbocycles. The highest BCUT2D eigenvalue weighted by atomic mass is 16.5. The lowest BCUT2D eigenvalue weighted by Gasteiger charge is -2.29. The molecule has 1 N–H and O–H groups in total. The maximum Gasteiger partial charge on any atom is 0.168 e. The van der Waals surface area contributed by atoms with E-state index in [0.29, 0.717) is 37.3 Å². The summed E-state index contributed by atoms with van der Waals surface area (Å²) in [7, 11) is 0. The van der Waals surface area contributed by atoms with Crippen LogP contribution in [0.5, 0.6) is 5.75 Å². The van der Waals surface area contributed by atoms with Gasteiger partial charge in [-0.25, -0.2) is 0 Å². The average molecular weight is 351 g/mol. The first-order valence-corrected chi connectivity index (χ1v) is 8.94. The van der Waals surface area contributed by atoms with E-state index in [1.165, 1.54) is 5.39 Å². The highest BCUT2D eigenvalue weighted by Gasteiger charge is 2.33. The summed E-state index contributed by atoms with van der Waals surface area (Å²) in [5, 5.41) is 12.5. The Balaban J connectivity index is 1.61. The number of Topliss-reactive ketones (excluding diaryl/α,β-unsaturated/α-hetero) is 1. The lowest BCUT2D eigenvalue weighted by Crippen LogP contribution is -2.28. The van der Waals surface area contributed by atoms with Gasteiger partial charge in [-0.2, -0.15) is 0 Å². The van der Waals surface area contributed by atoms with E-state index < -0.39 is 0 Å². The van der Waals surface area contributed by atoms with Crippen molar-refractivity contribution in [1.29, 1.82) is 0 Å². The number of hydrogen-bond acceptors (Lipinski definition) is 4. The number of aliphatic hydroxyl groups is 1. The second-order valence-corrected chi connectivity index (χ2v) is 7.59. The number of aliphatic imine (C=N–C) groups is 1. The molecule has 4 nitrogen and oxygen atoms in total. The minimum atomic E-state index is -0.190. The molecule has 0 saturated heterocycles. The first kappa shape index (κ1) is 18.2. The van der Waals surface area contributed by atoms with Gasteiger partial charge in [-0.3, -0.25) is 9.79 Å². The largest absolute Gasteiger partial charge is 0.511 e. The van der Waals surface area contributed by atoms with Gasteiger partial charge in [-0.05, 0) is 35.2 Å². The molecule has 0 bridgehead atoms. The van der Waals surface area contributed by atoms with Crippen LogP contribution in [0.1, 0.15) is 33.6 Å². The number of ketones is 1. The van der Waals surface area contributed by atoms with Crippen LogP contribution in [-0.2, 0) is 4.79 Å². The first-order chi connectivity index (χ1) is 12.4. The van der Waals surface area contributed by atoms with Gasteiger partial charge in [0, 0.05) is 18.6 Å². The van der Waals surface area contributed by atoms with Crippen LogP contribution in [-0.4, -0.2) is 29.8 Å². The van der Waals surface area contributed by atoms with Crippen molar-refractivity contribution in [3.05, 3.63) is 53.8 Å². The molecule has 3 rings (SSSR count). The van der Waals surface area contributed by atoms with Crippen molar-refractivity contribution in [2.45, 2.75) is 33.6 Å². The SMILES string of the molecule is CC(=NCCOc1ccc2ccccc2c1)C1=C(O)CC(C)(C)CC1=O. The number of benzene rings is 2. The number of hydrogen-bond donors (Lipinski definition) is 1. The normalized spacial score (nSPS) is 17.7. The molecule has 4 heteroatoms. The first-order valence-electron chi connectivity index (χ1n) is 8.94. The molecule has 0 unspecified atom stereocenters. The lowest BCUT2D eigenvalue weighted by molar-refractivity contribution is -0.117. The smallest absolute Gasteiger partial charge is 0.168 e. The third-order valence-corrected chi connectivity index (χ3v) is 4.64. The Bertz CT molecular complexity index is 893. The Morgan fingerprint density at radius 3 is 2.62 bits per heavy atom. The molecular formula is C22H25NO3. The fourth-order valence-corrected chi connectivity index (χ4v) is 3.41. The van der Waals surface area contributed by atoms with Crippen molar-refractivity contribution in [3.63, 3.8) is 0 Å². The molecular weight excluding hydrogens is 326 g/mol. The molecule has 0 aromatic heterocycles. The summed E-state index contributed by atoms with van der Waals surface area (Å²) >= 11 is 0. The fourth-order valence-electron chi connectivity index (χ4n) is 3.41. The van der Waals surface area contributed by atoms with Crippen molar-refractivity contribution >= 4 is 22.3 Å². The van der Waals surface area contributed by atoms with E-state index in [1.54, 1.807) is 6.92 Å². The van der Waals surface area contributed by atoms with E-state index >= 15 is 0 Å². The minimum absolute atomic E-state index is 0.0320. The van der Waals surface area contributed by atoms with Gasteiger partial charge in [-0.15, -0.1) is 0 Å². The number of nitrogens with zero attached hydrogens (tertiary/aromatic N) is 1. The molecule has 1 aliphatic rings. The second-order valence-electron chi connectivity index (χ2n) is 7.59. The van der Waals surface area contributed by atoms with E-state index in [4.69, 9.17) is 4.74 Å². The fraction of sp³-hybridized carbons (Fsp3) is 0.364. The molecule has 2 aromatic rings. The molecule has 2 aromatic carbocycles. The average Bonchev–Trinajstić information content (AvgIpc) is 2.57. The Hall–Kier alpha value is -2.62. The predicted molar refractivity (Wildman–Crippen MR) is 105 cm³/mol. The van der Waals surface area contributed by atoms with Crippen molar-refractivity contribution in [3.8, 4) is 5.75 Å². The van der Waals surface area contributed by atoms with Gasteiger partial charge in [0.25, 0.3) is 0 Å². The highest BCUT2D eigenvalue weighted by molar-refractivity contribution is 6.22. The highest BCUT2D eigenvalue weighted by Crippen LogP contribution is 2.36. The molecule has 1 aliphatic carbocycles. The predicted octanol–water partition coefficient (Wildman–Crippen LogP) is 4.88. The molecule has 26 heavy (non-hydrogen) atoms. The van der Waals surface area contributed by atoms with Gasteiger partial charge in [-0.1, -0.05) is 44.2 Å². The van der Waals surface area contributed by atoms with Crippen LogP contribution in [0.15, 0.2) is 58.8 Å². The summed E-state index contributed by atoms with van der Waals surface area (Å²) in [5.41, 5.74) is 0.782. The number of carbonyl (C=O) groups is 1. The molecule has 0 atom stereocenters. The molecule has 0 fully saturated rings. The van der Waals surface area contributed by atoms with Gasteiger partial charge in [0.05, 0.1) is 12.1 Å². The van der Waals surface area contributed by atoms with Gasteiger partial charge >= 0.3 is 0 Å². The molecule has 136 valence electrons. The monoisotopic (exact) mass is 351 g/mol. The zero-order chi connectivity index (χ0) is 18.7. The van der Waals surface area contributed by atoms with Crippen LogP contribution in [0.4, 0.5) is 0 Å². The van der Waals surface area contributed by atoms with E-state index in [0.717, 1.165) is 11.1 Å². The van der Waals surface area contributed by atoms with E-state index in [9.17, 15) is 9.90 Å². The maximum absolute atomic E-state index is 12.3. The quantitative estimate of drug-likeness (QED) is 0.617. The van der Waals surface area contributed by atoms with Crippen molar-refractivity contribution < 1.29 is 14.6 Å². The van der Waals surface area contributed by atoms with Crippen LogP contribution in [0, 0.1) is 5.41 Å². The van der Waals surface area contributed by atoms with Gasteiger partial charge in [0.2, 0.25) is 0 Å². The van der Waals surface area contributed by atoms with Crippen molar-refractivity contribution in [2.75, 3.05) is 13.2 Å². The zero-order valence-corrected chi connectivity index (χ0v) is 15.6. The molecule has 0 heterocycles. The van der Waals surface area contributed by atoms with E-state index in [2.05, 4.69) is 17.1 Å². The number of ether oxygens (including phenoxy) is 1. The molecule has 0 amide bonds. The maximum atomic E-state index is 12.3. The molecule has 0 radical (unpaired) electrons. The third-order valence-electron chi connectivity index (χ3n) is 4.64. The summed E-state index contributed by atoms with van der Waals surface area (Å²) in [6.45, 7) is 6.61. The topological polar surface area (TPSA) is 58.9 Å². The van der Waals surface area contributed by atoms with Crippen LogP contribution < -0.4 is 4.74 Å². The van der Waals surface area contributed by atoms with Crippen LogP contribution in [0.25, 0.3) is 10.8 Å². The molecule has 0 aliphatic heterocycles. The number of fused-ring (bicyclic) bond motifs is 1. The minimum Gasteiger partial charge on any atom is -0.511 e. The van der Waals surface area contributed by atoms with Crippen molar-refractivity contribution in [1.82, 2.24) is 0 Å². The van der Waals surface area contributed by atoms with E-state index in [1.807, 2.05) is 44.2 Å². The lowest BCUT2D eigenvalue weighted by atomic mass is 9.76. The van der Waals surface area contributed by atoms with Crippen LogP contribution in [0.2, 0.25) is 0 Å². The molecule has 0 spiro atoms. The summed E-state index contributed by atoms with van der Waals surface area (Å²) in [4.78, 5) is 16.7. The number of rotatable bonds is 5. The Labute approximate surface area is 154 Å². The standard InChI is InChI=1S/C22H25NO3/c1-15(21-19(24)13-22(2,3)14-20(21)25)23-10-11-26-18-9-8-16-6-4-5-7-17(16)12-18/h4-9,12,24H,10-11,13-14H2,1-3H3. The number of allylic oxidation sites excluding steroid dienone is 2. The van der Waals surface area contributed by atoms with Gasteiger partial charge < -0.3 is 9.84 Å². The summed E-state index contributed by atoms with van der Waals surface area (Å²) in [6.07, 6.45) is 0.946. The Kier molecular flexibility index (Phi) is 5.12. The Morgan fingerprint density at radius 2 is 1.88 bits per heavy atom. The Morgan fingerprint density at radius 1 is 1.15 bits per heavy atom.